The normalized spacial score (nSPS) is 18.4. The lowest BCUT2D eigenvalue weighted by molar-refractivity contribution is -0.138. The standard InChI is InChI=1S/C41H57ClN6O6/c1-6-20-48(21-7-2)32-17-19-34(30(5)26-32)44-46-36-28-39(52-23-13-11-15-25-54-41(50)9-4)37(47-45-35-18-16-31(43)27-33(35)42)29-38(36)51-22-12-10-14-24-53-40(49)8-3/h8-9,16-19,26,28-29,31,36,38H,3-4,6-7,10-15,20-25,27,43H2,1-2,5H3. The van der Waals surface area contributed by atoms with Gasteiger partial charge in [0.15, 0.2) is 0 Å². The zero-order valence-electron chi connectivity index (χ0n) is 32.1. The summed E-state index contributed by atoms with van der Waals surface area (Å²) < 4.78 is 22.9. The Morgan fingerprint density at radius 2 is 1.56 bits per heavy atom. The number of rotatable bonds is 25. The topological polar surface area (TPSA) is 150 Å². The molecule has 1 aromatic carbocycles. The minimum absolute atomic E-state index is 0.172. The van der Waals surface area contributed by atoms with Crippen molar-refractivity contribution in [1.29, 1.82) is 0 Å². The fraction of sp³-hybridized carbons (Fsp3) is 0.512. The largest absolute Gasteiger partial charge is 0.492 e. The number of aryl methyl sites for hydroxylation is 1. The van der Waals surface area contributed by atoms with Crippen LogP contribution in [0, 0.1) is 6.92 Å². The van der Waals surface area contributed by atoms with Gasteiger partial charge in [0.1, 0.15) is 23.6 Å². The van der Waals surface area contributed by atoms with Gasteiger partial charge in [-0.05, 0) is 100 Å². The molecule has 13 heteroatoms. The maximum absolute atomic E-state index is 11.4. The predicted octanol–water partition coefficient (Wildman–Crippen LogP) is 9.25. The van der Waals surface area contributed by atoms with E-state index < -0.39 is 24.1 Å². The quantitative estimate of drug-likeness (QED) is 0.0448. The lowest BCUT2D eigenvalue weighted by atomic mass is 10.0. The molecule has 0 bridgehead atoms. The first-order chi connectivity index (χ1) is 26.2. The molecule has 0 saturated carbocycles. The molecule has 3 rings (SSSR count). The highest BCUT2D eigenvalue weighted by Gasteiger charge is 2.28. The number of carbonyl (C=O) groups is 2. The Morgan fingerprint density at radius 3 is 2.17 bits per heavy atom. The number of halogens is 1. The number of anilines is 1. The Labute approximate surface area is 325 Å². The van der Waals surface area contributed by atoms with E-state index >= 15 is 0 Å². The van der Waals surface area contributed by atoms with E-state index in [9.17, 15) is 9.59 Å². The molecule has 12 nitrogen and oxygen atoms in total. The van der Waals surface area contributed by atoms with Crippen LogP contribution in [0.15, 0.2) is 110 Å². The number of carbonyl (C=O) groups excluding carboxylic acids is 2. The molecule has 0 radical (unpaired) electrons. The van der Waals surface area contributed by atoms with Crippen molar-refractivity contribution in [2.24, 2.45) is 26.2 Å². The Morgan fingerprint density at radius 1 is 0.907 bits per heavy atom. The molecule has 2 N–H and O–H groups in total. The summed E-state index contributed by atoms with van der Waals surface area (Å²) >= 11 is 6.48. The van der Waals surface area contributed by atoms with Crippen LogP contribution in [-0.2, 0) is 28.5 Å². The molecule has 1 aromatic rings. The number of azo groups is 2. The van der Waals surface area contributed by atoms with Crippen molar-refractivity contribution < 1.29 is 28.5 Å². The monoisotopic (exact) mass is 764 g/mol. The highest BCUT2D eigenvalue weighted by atomic mass is 35.5. The zero-order valence-corrected chi connectivity index (χ0v) is 32.8. The number of nitrogens with zero attached hydrogens (tertiary/aromatic N) is 5. The molecule has 294 valence electrons. The van der Waals surface area contributed by atoms with Crippen LogP contribution in [0.25, 0.3) is 0 Å². The van der Waals surface area contributed by atoms with Crippen molar-refractivity contribution in [3.05, 3.63) is 95.6 Å². The molecule has 0 aromatic heterocycles. The van der Waals surface area contributed by atoms with Crippen LogP contribution in [0.2, 0.25) is 0 Å². The van der Waals surface area contributed by atoms with E-state index in [1.54, 1.807) is 6.08 Å². The molecule has 0 amide bonds. The van der Waals surface area contributed by atoms with Crippen LogP contribution in [0.1, 0.15) is 77.2 Å². The Balaban J connectivity index is 1.85. The van der Waals surface area contributed by atoms with Gasteiger partial charge in [0, 0.05) is 55.0 Å². The van der Waals surface area contributed by atoms with Crippen LogP contribution in [0.4, 0.5) is 11.4 Å². The number of benzene rings is 1. The van der Waals surface area contributed by atoms with Gasteiger partial charge in [0.2, 0.25) is 0 Å². The summed E-state index contributed by atoms with van der Waals surface area (Å²) in [5, 5.41) is 19.0. The van der Waals surface area contributed by atoms with E-state index in [1.807, 2.05) is 31.2 Å². The average Bonchev–Trinajstić information content (AvgIpc) is 3.16. The number of unbranched alkanes of at least 4 members (excludes halogenated alkanes) is 4. The molecule has 3 atom stereocenters. The number of allylic oxidation sites excluding steroid dienone is 1. The summed E-state index contributed by atoms with van der Waals surface area (Å²) in [7, 11) is 0. The molecule has 2 aliphatic carbocycles. The summed E-state index contributed by atoms with van der Waals surface area (Å²) in [5.41, 5.74) is 9.99. The second-order valence-electron chi connectivity index (χ2n) is 13.0. The predicted molar refractivity (Wildman–Crippen MR) is 214 cm³/mol. The molecule has 0 saturated heterocycles. The van der Waals surface area contributed by atoms with E-state index in [0.717, 1.165) is 75.0 Å². The van der Waals surface area contributed by atoms with Crippen molar-refractivity contribution >= 4 is 34.9 Å². The van der Waals surface area contributed by atoms with Crippen molar-refractivity contribution in [2.75, 3.05) is 44.4 Å². The third-order valence-corrected chi connectivity index (χ3v) is 8.84. The second-order valence-corrected chi connectivity index (χ2v) is 13.5. The molecule has 54 heavy (non-hydrogen) atoms. The van der Waals surface area contributed by atoms with Crippen LogP contribution in [0.3, 0.4) is 0 Å². The molecular formula is C41H57ClN6O6. The van der Waals surface area contributed by atoms with Gasteiger partial charge in [0.25, 0.3) is 0 Å². The molecule has 0 aliphatic heterocycles. The molecule has 3 unspecified atom stereocenters. The van der Waals surface area contributed by atoms with Crippen LogP contribution < -0.4 is 10.6 Å². The van der Waals surface area contributed by atoms with Gasteiger partial charge in [-0.1, -0.05) is 44.7 Å². The van der Waals surface area contributed by atoms with Crippen LogP contribution in [-0.4, -0.2) is 69.6 Å². The van der Waals surface area contributed by atoms with E-state index in [2.05, 4.69) is 54.3 Å². The lowest BCUT2D eigenvalue weighted by Gasteiger charge is -2.25. The second kappa shape index (κ2) is 24.8. The number of ether oxygens (including phenoxy) is 4. The zero-order chi connectivity index (χ0) is 39.1. The van der Waals surface area contributed by atoms with E-state index in [-0.39, 0.29) is 6.04 Å². The summed E-state index contributed by atoms with van der Waals surface area (Å²) in [4.78, 5) is 25.1. The van der Waals surface area contributed by atoms with Crippen molar-refractivity contribution in [2.45, 2.75) is 96.7 Å². The number of hydrogen-bond acceptors (Lipinski definition) is 12. The number of esters is 2. The Bertz CT molecular complexity index is 1580. The first-order valence-corrected chi connectivity index (χ1v) is 19.3. The van der Waals surface area contributed by atoms with Gasteiger partial charge in [-0.15, -0.1) is 10.2 Å². The fourth-order valence-corrected chi connectivity index (χ4v) is 5.89. The van der Waals surface area contributed by atoms with Crippen molar-refractivity contribution in [3.8, 4) is 0 Å². The smallest absolute Gasteiger partial charge is 0.330 e. The molecule has 0 fully saturated rings. The summed E-state index contributed by atoms with van der Waals surface area (Å²) in [6.45, 7) is 16.7. The minimum atomic E-state index is -0.517. The average molecular weight is 765 g/mol. The van der Waals surface area contributed by atoms with Crippen molar-refractivity contribution in [3.63, 3.8) is 0 Å². The van der Waals surface area contributed by atoms with Gasteiger partial charge >= 0.3 is 11.9 Å². The van der Waals surface area contributed by atoms with Gasteiger partial charge < -0.3 is 29.6 Å². The Hall–Kier alpha value is -4.39. The van der Waals surface area contributed by atoms with E-state index in [0.29, 0.717) is 67.9 Å². The molecular weight excluding hydrogens is 708 g/mol. The fourth-order valence-electron chi connectivity index (χ4n) is 5.62. The molecule has 2 aliphatic rings. The lowest BCUT2D eigenvalue weighted by Crippen LogP contribution is -2.28. The summed E-state index contributed by atoms with van der Waals surface area (Å²) in [6.07, 6.45) is 16.2. The first kappa shape index (κ1) is 44.0. The van der Waals surface area contributed by atoms with Crippen LogP contribution in [0.5, 0.6) is 0 Å². The maximum Gasteiger partial charge on any atom is 0.330 e. The first-order valence-electron chi connectivity index (χ1n) is 19.0. The van der Waals surface area contributed by atoms with Gasteiger partial charge in [0.05, 0.1) is 31.2 Å². The molecule has 0 heterocycles. The number of hydrogen-bond donors (Lipinski definition) is 1. The van der Waals surface area contributed by atoms with Gasteiger partial charge in [-0.3, -0.25) is 0 Å². The van der Waals surface area contributed by atoms with Crippen LogP contribution >= 0.6 is 11.6 Å². The number of nitrogens with two attached hydrogens (primary N) is 1. The van der Waals surface area contributed by atoms with E-state index in [4.69, 9.17) is 46.5 Å². The SMILES string of the molecule is C=CC(=O)OCCCCCOC1=CC(N=Nc2ccc(N(CCC)CCC)cc2C)C(OCCCCCOC(=O)C=C)C=C1N=NC1=C(Cl)CC(N)C=C1. The summed E-state index contributed by atoms with van der Waals surface area (Å²) in [5.74, 6) is -0.365. The third-order valence-electron chi connectivity index (χ3n) is 8.49. The maximum atomic E-state index is 11.4. The van der Waals surface area contributed by atoms with Gasteiger partial charge in [-0.25, -0.2) is 9.59 Å². The Kier molecular flexibility index (Phi) is 20.2. The third kappa shape index (κ3) is 15.5. The highest BCUT2D eigenvalue weighted by molar-refractivity contribution is 6.30. The van der Waals surface area contributed by atoms with Crippen molar-refractivity contribution in [1.82, 2.24) is 0 Å². The highest BCUT2D eigenvalue weighted by Crippen LogP contribution is 2.31. The van der Waals surface area contributed by atoms with Gasteiger partial charge in [-0.2, -0.15) is 10.2 Å². The summed E-state index contributed by atoms with van der Waals surface area (Å²) in [6, 6.07) is 5.58. The van der Waals surface area contributed by atoms with E-state index in [1.165, 1.54) is 5.69 Å². The molecule has 0 spiro atoms. The minimum Gasteiger partial charge on any atom is -0.492 e.